The molecule has 5 nitrogen and oxygen atoms in total. The summed E-state index contributed by atoms with van der Waals surface area (Å²) in [6, 6.07) is 14.8. The number of halogens is 1. The molecule has 2 aromatic carbocycles. The van der Waals surface area contributed by atoms with E-state index < -0.39 is 0 Å². The summed E-state index contributed by atoms with van der Waals surface area (Å²) in [5, 5.41) is 6.32. The number of carbonyl (C=O) groups is 1. The van der Waals surface area contributed by atoms with Crippen LogP contribution in [0.5, 0.6) is 5.75 Å². The zero-order valence-corrected chi connectivity index (χ0v) is 17.0. The summed E-state index contributed by atoms with van der Waals surface area (Å²) in [6.45, 7) is 3.89. The molecule has 0 aromatic heterocycles. The summed E-state index contributed by atoms with van der Waals surface area (Å²) < 4.78 is 18.1. The number of nitrogens with one attached hydrogen (secondary N) is 2. The van der Waals surface area contributed by atoms with Gasteiger partial charge in [0, 0.05) is 19.1 Å². The van der Waals surface area contributed by atoms with Crippen LogP contribution in [0.2, 0.25) is 0 Å². The molecule has 29 heavy (non-hydrogen) atoms. The second kappa shape index (κ2) is 10.9. The van der Waals surface area contributed by atoms with E-state index in [9.17, 15) is 9.18 Å². The first-order chi connectivity index (χ1) is 14.1. The molecule has 0 unspecified atom stereocenters. The van der Waals surface area contributed by atoms with Crippen molar-refractivity contribution in [2.75, 3.05) is 33.3 Å². The Morgan fingerprint density at radius 1 is 1.07 bits per heavy atom. The lowest BCUT2D eigenvalue weighted by Crippen LogP contribution is -2.46. The number of hydrogen-bond donors (Lipinski definition) is 2. The van der Waals surface area contributed by atoms with Crippen molar-refractivity contribution in [1.82, 2.24) is 15.5 Å². The van der Waals surface area contributed by atoms with Gasteiger partial charge in [-0.15, -0.1) is 0 Å². The second-order valence-electron chi connectivity index (χ2n) is 7.50. The molecule has 0 aliphatic carbocycles. The van der Waals surface area contributed by atoms with E-state index in [0.717, 1.165) is 50.2 Å². The van der Waals surface area contributed by atoms with Crippen LogP contribution >= 0.6 is 0 Å². The van der Waals surface area contributed by atoms with E-state index in [1.807, 2.05) is 36.4 Å². The van der Waals surface area contributed by atoms with Gasteiger partial charge in [-0.25, -0.2) is 4.39 Å². The van der Waals surface area contributed by atoms with E-state index >= 15 is 0 Å². The fourth-order valence-electron chi connectivity index (χ4n) is 3.54. The van der Waals surface area contributed by atoms with Gasteiger partial charge in [0.1, 0.15) is 11.6 Å². The molecule has 3 rings (SSSR count). The predicted molar refractivity (Wildman–Crippen MR) is 112 cm³/mol. The first-order valence-electron chi connectivity index (χ1n) is 10.2. The van der Waals surface area contributed by atoms with E-state index in [1.165, 1.54) is 17.7 Å². The highest BCUT2D eigenvalue weighted by molar-refractivity contribution is 5.78. The molecule has 2 aromatic rings. The maximum atomic E-state index is 13.0. The predicted octanol–water partition coefficient (Wildman–Crippen LogP) is 2.75. The van der Waals surface area contributed by atoms with E-state index in [4.69, 9.17) is 4.74 Å². The first kappa shape index (κ1) is 21.3. The third-order valence-electron chi connectivity index (χ3n) is 5.42. The third-order valence-corrected chi connectivity index (χ3v) is 5.42. The van der Waals surface area contributed by atoms with Crippen LogP contribution in [0.4, 0.5) is 4.39 Å². The van der Waals surface area contributed by atoms with Gasteiger partial charge in [-0.2, -0.15) is 0 Å². The van der Waals surface area contributed by atoms with Gasteiger partial charge in [0.05, 0.1) is 13.7 Å². The molecule has 1 heterocycles. The Balaban J connectivity index is 1.29. The Hall–Kier alpha value is -2.44. The van der Waals surface area contributed by atoms with Crippen molar-refractivity contribution in [3.05, 3.63) is 65.5 Å². The summed E-state index contributed by atoms with van der Waals surface area (Å²) in [6.07, 6.45) is 3.01. The molecule has 1 fully saturated rings. The molecule has 0 spiro atoms. The van der Waals surface area contributed by atoms with Crippen molar-refractivity contribution in [1.29, 1.82) is 0 Å². The standard InChI is InChI=1S/C23H30FN3O2/c1-29-22-8-4-19(5-9-22)16-26-23(28)17-25-21-11-14-27(15-12-21)13-10-18-2-6-20(24)7-3-18/h2-9,21,25H,10-17H2,1H3,(H,26,28). The highest BCUT2D eigenvalue weighted by atomic mass is 19.1. The lowest BCUT2D eigenvalue weighted by molar-refractivity contribution is -0.120. The molecule has 2 N–H and O–H groups in total. The van der Waals surface area contributed by atoms with Crippen LogP contribution in [0.25, 0.3) is 0 Å². The molecule has 0 radical (unpaired) electrons. The van der Waals surface area contributed by atoms with Crippen molar-refractivity contribution in [2.45, 2.75) is 31.8 Å². The van der Waals surface area contributed by atoms with Crippen LogP contribution in [0.3, 0.4) is 0 Å². The molecule has 156 valence electrons. The monoisotopic (exact) mass is 399 g/mol. The molecule has 1 aliphatic heterocycles. The summed E-state index contributed by atoms with van der Waals surface area (Å²) in [5.74, 6) is 0.638. The van der Waals surface area contributed by atoms with Gasteiger partial charge in [-0.1, -0.05) is 24.3 Å². The van der Waals surface area contributed by atoms with Crippen molar-refractivity contribution >= 4 is 5.91 Å². The molecule has 1 amide bonds. The van der Waals surface area contributed by atoms with Crippen LogP contribution in [0, 0.1) is 5.82 Å². The molecule has 0 saturated carbocycles. The summed E-state index contributed by atoms with van der Waals surface area (Å²) in [5.41, 5.74) is 2.22. The highest BCUT2D eigenvalue weighted by Crippen LogP contribution is 2.12. The molecule has 0 bridgehead atoms. The van der Waals surface area contributed by atoms with Crippen molar-refractivity contribution in [3.63, 3.8) is 0 Å². The van der Waals surface area contributed by atoms with Crippen LogP contribution in [-0.4, -0.2) is 50.1 Å². The molecular formula is C23H30FN3O2. The second-order valence-corrected chi connectivity index (χ2v) is 7.50. The van der Waals surface area contributed by atoms with Gasteiger partial charge >= 0.3 is 0 Å². The number of amides is 1. The Bertz CT molecular complexity index is 757. The van der Waals surface area contributed by atoms with Gasteiger partial charge in [0.25, 0.3) is 0 Å². The smallest absolute Gasteiger partial charge is 0.234 e. The quantitative estimate of drug-likeness (QED) is 0.681. The minimum atomic E-state index is -0.186. The number of hydrogen-bond acceptors (Lipinski definition) is 4. The Labute approximate surface area is 172 Å². The Kier molecular flexibility index (Phi) is 8.02. The number of rotatable bonds is 9. The van der Waals surface area contributed by atoms with Gasteiger partial charge in [-0.05, 0) is 67.7 Å². The summed E-state index contributed by atoms with van der Waals surface area (Å²) >= 11 is 0. The average molecular weight is 400 g/mol. The van der Waals surface area contributed by atoms with Crippen LogP contribution in [0.15, 0.2) is 48.5 Å². The number of carbonyl (C=O) groups excluding carboxylic acids is 1. The SMILES string of the molecule is COc1ccc(CNC(=O)CNC2CCN(CCc3ccc(F)cc3)CC2)cc1. The van der Waals surface area contributed by atoms with E-state index in [-0.39, 0.29) is 11.7 Å². The number of benzene rings is 2. The maximum Gasteiger partial charge on any atom is 0.234 e. The number of piperidine rings is 1. The fourth-order valence-corrected chi connectivity index (χ4v) is 3.54. The molecule has 1 aliphatic rings. The Morgan fingerprint density at radius 3 is 2.38 bits per heavy atom. The van der Waals surface area contributed by atoms with Crippen molar-refractivity contribution in [3.8, 4) is 5.75 Å². The molecule has 0 atom stereocenters. The van der Waals surface area contributed by atoms with Crippen LogP contribution in [0.1, 0.15) is 24.0 Å². The van der Waals surface area contributed by atoms with E-state index in [0.29, 0.717) is 19.1 Å². The van der Waals surface area contributed by atoms with Gasteiger partial charge in [0.15, 0.2) is 0 Å². The number of methoxy groups -OCH3 is 1. The van der Waals surface area contributed by atoms with E-state index in [2.05, 4.69) is 15.5 Å². The lowest BCUT2D eigenvalue weighted by Gasteiger charge is -2.32. The summed E-state index contributed by atoms with van der Waals surface area (Å²) in [7, 11) is 1.64. The number of ether oxygens (including phenoxy) is 1. The average Bonchev–Trinajstić information content (AvgIpc) is 2.77. The Morgan fingerprint density at radius 2 is 1.72 bits per heavy atom. The zero-order chi connectivity index (χ0) is 20.5. The van der Waals surface area contributed by atoms with Crippen molar-refractivity contribution in [2.24, 2.45) is 0 Å². The number of nitrogens with zero attached hydrogens (tertiary/aromatic N) is 1. The normalized spacial score (nSPS) is 15.2. The summed E-state index contributed by atoms with van der Waals surface area (Å²) in [4.78, 5) is 14.5. The highest BCUT2D eigenvalue weighted by Gasteiger charge is 2.19. The van der Waals surface area contributed by atoms with Crippen molar-refractivity contribution < 1.29 is 13.9 Å². The first-order valence-corrected chi connectivity index (χ1v) is 10.2. The van der Waals surface area contributed by atoms with Gasteiger partial charge in [0.2, 0.25) is 5.91 Å². The van der Waals surface area contributed by atoms with Gasteiger partial charge < -0.3 is 20.3 Å². The lowest BCUT2D eigenvalue weighted by atomic mass is 10.0. The van der Waals surface area contributed by atoms with Gasteiger partial charge in [-0.3, -0.25) is 4.79 Å². The van der Waals surface area contributed by atoms with E-state index in [1.54, 1.807) is 7.11 Å². The van der Waals surface area contributed by atoms with Crippen LogP contribution < -0.4 is 15.4 Å². The molecule has 6 heteroatoms. The fraction of sp³-hybridized carbons (Fsp3) is 0.435. The zero-order valence-electron chi connectivity index (χ0n) is 17.0. The minimum absolute atomic E-state index is 0.0135. The largest absolute Gasteiger partial charge is 0.497 e. The molecular weight excluding hydrogens is 369 g/mol. The minimum Gasteiger partial charge on any atom is -0.497 e. The van der Waals surface area contributed by atoms with Crippen LogP contribution in [-0.2, 0) is 17.8 Å². The third kappa shape index (κ3) is 7.15. The topological polar surface area (TPSA) is 53.6 Å². The molecule has 1 saturated heterocycles. The number of likely N-dealkylation sites (tertiary alicyclic amines) is 1. The maximum absolute atomic E-state index is 13.0.